The van der Waals surface area contributed by atoms with E-state index in [0.717, 1.165) is 6.07 Å². The van der Waals surface area contributed by atoms with E-state index in [-0.39, 0.29) is 28.3 Å². The lowest BCUT2D eigenvalue weighted by atomic mass is 10.00. The largest absolute Gasteiger partial charge is 0.398 e. The molecule has 0 radical (unpaired) electrons. The predicted octanol–water partition coefficient (Wildman–Crippen LogP) is 2.33. The highest BCUT2D eigenvalue weighted by atomic mass is 19.1. The fraction of sp³-hybridized carbons (Fsp3) is 0.111. The number of carbonyl (C=O) groups is 1. The van der Waals surface area contributed by atoms with Gasteiger partial charge in [-0.2, -0.15) is 5.10 Å². The van der Waals surface area contributed by atoms with Crippen molar-refractivity contribution >= 4 is 28.4 Å². The Hall–Kier alpha value is -3.95. The zero-order chi connectivity index (χ0) is 19.8. The fourth-order valence-electron chi connectivity index (χ4n) is 3.00. The SMILES string of the molecule is CCNC(=O)c1cc(-c2ncc(-c3cn[nH]c3)c3onc(N)c23)c(F)cc1N. The number of halogens is 1. The van der Waals surface area contributed by atoms with E-state index in [9.17, 15) is 9.18 Å². The summed E-state index contributed by atoms with van der Waals surface area (Å²) in [6.07, 6.45) is 4.76. The van der Waals surface area contributed by atoms with Crippen molar-refractivity contribution in [3.8, 4) is 22.4 Å². The average Bonchev–Trinajstić information content (AvgIpc) is 3.32. The number of pyridine rings is 1. The number of aromatic amines is 1. The van der Waals surface area contributed by atoms with Gasteiger partial charge in [-0.25, -0.2) is 4.39 Å². The number of benzene rings is 1. The van der Waals surface area contributed by atoms with Crippen LogP contribution < -0.4 is 16.8 Å². The number of carbonyl (C=O) groups excluding carboxylic acids is 1. The van der Waals surface area contributed by atoms with Crippen molar-refractivity contribution in [2.24, 2.45) is 0 Å². The quantitative estimate of drug-likeness (QED) is 0.396. The molecular weight excluding hydrogens is 365 g/mol. The first-order valence-electron chi connectivity index (χ1n) is 8.41. The van der Waals surface area contributed by atoms with Crippen LogP contribution in [0.1, 0.15) is 17.3 Å². The van der Waals surface area contributed by atoms with Crippen LogP contribution in [0.15, 0.2) is 35.2 Å². The molecule has 1 amide bonds. The molecule has 0 spiro atoms. The van der Waals surface area contributed by atoms with E-state index in [1.54, 1.807) is 19.3 Å². The average molecular weight is 381 g/mol. The van der Waals surface area contributed by atoms with E-state index in [1.807, 2.05) is 0 Å². The molecule has 6 N–H and O–H groups in total. The number of rotatable bonds is 4. The second kappa shape index (κ2) is 6.65. The molecule has 0 atom stereocenters. The maximum absolute atomic E-state index is 14.7. The monoisotopic (exact) mass is 381 g/mol. The predicted molar refractivity (Wildman–Crippen MR) is 102 cm³/mol. The molecule has 0 aliphatic rings. The molecule has 0 saturated heterocycles. The second-order valence-electron chi connectivity index (χ2n) is 6.06. The highest BCUT2D eigenvalue weighted by Gasteiger charge is 2.22. The molecule has 0 unspecified atom stereocenters. The van der Waals surface area contributed by atoms with Crippen molar-refractivity contribution in [3.05, 3.63) is 42.1 Å². The number of hydrogen-bond acceptors (Lipinski definition) is 7. The first-order chi connectivity index (χ1) is 13.5. The minimum atomic E-state index is -0.643. The van der Waals surface area contributed by atoms with Gasteiger partial charge in [-0.1, -0.05) is 5.16 Å². The number of anilines is 2. The van der Waals surface area contributed by atoms with E-state index >= 15 is 0 Å². The van der Waals surface area contributed by atoms with Crippen LogP contribution in [0.25, 0.3) is 33.4 Å². The highest BCUT2D eigenvalue weighted by Crippen LogP contribution is 2.38. The van der Waals surface area contributed by atoms with Crippen molar-refractivity contribution in [3.63, 3.8) is 0 Å². The van der Waals surface area contributed by atoms with E-state index in [4.69, 9.17) is 16.0 Å². The third-order valence-electron chi connectivity index (χ3n) is 4.31. The summed E-state index contributed by atoms with van der Waals surface area (Å²) >= 11 is 0. The zero-order valence-electron chi connectivity index (χ0n) is 14.8. The summed E-state index contributed by atoms with van der Waals surface area (Å²) < 4.78 is 20.1. The number of nitrogen functional groups attached to an aromatic ring is 2. The van der Waals surface area contributed by atoms with Gasteiger partial charge < -0.3 is 21.3 Å². The maximum atomic E-state index is 14.7. The molecule has 1 aromatic carbocycles. The minimum Gasteiger partial charge on any atom is -0.398 e. The van der Waals surface area contributed by atoms with Gasteiger partial charge in [0, 0.05) is 41.3 Å². The van der Waals surface area contributed by atoms with Gasteiger partial charge in [0.05, 0.1) is 22.8 Å². The van der Waals surface area contributed by atoms with Gasteiger partial charge in [0.25, 0.3) is 5.91 Å². The Bertz CT molecular complexity index is 1180. The van der Waals surface area contributed by atoms with E-state index in [1.165, 1.54) is 12.3 Å². The van der Waals surface area contributed by atoms with Crippen LogP contribution in [-0.2, 0) is 0 Å². The number of H-pyrrole nitrogens is 1. The summed E-state index contributed by atoms with van der Waals surface area (Å²) in [4.78, 5) is 16.6. The van der Waals surface area contributed by atoms with Gasteiger partial charge in [-0.15, -0.1) is 0 Å². The number of nitrogens with zero attached hydrogens (tertiary/aromatic N) is 3. The molecule has 9 nitrogen and oxygen atoms in total. The molecule has 0 saturated carbocycles. The lowest BCUT2D eigenvalue weighted by Gasteiger charge is -2.11. The van der Waals surface area contributed by atoms with Gasteiger partial charge in [0.1, 0.15) is 5.82 Å². The standard InChI is InChI=1S/C18H16FN7O2/c1-2-22-18(27)10-3-9(12(19)4-13(10)20)15-14-16(28-26-17(14)21)11(7-23-15)8-5-24-25-6-8/h3-7H,2,20H2,1H3,(H2,21,26)(H,22,27)(H,24,25). The molecule has 0 aliphatic carbocycles. The summed E-state index contributed by atoms with van der Waals surface area (Å²) in [5, 5.41) is 13.4. The van der Waals surface area contributed by atoms with E-state index in [0.29, 0.717) is 28.6 Å². The van der Waals surface area contributed by atoms with Crippen molar-refractivity contribution in [2.45, 2.75) is 6.92 Å². The van der Waals surface area contributed by atoms with E-state index in [2.05, 4.69) is 25.7 Å². The normalized spacial score (nSPS) is 11.1. The lowest BCUT2D eigenvalue weighted by molar-refractivity contribution is 0.0956. The molecule has 4 aromatic rings. The summed E-state index contributed by atoms with van der Waals surface area (Å²) in [6, 6.07) is 2.43. The van der Waals surface area contributed by atoms with Gasteiger partial charge >= 0.3 is 0 Å². The van der Waals surface area contributed by atoms with Crippen LogP contribution in [0.4, 0.5) is 15.9 Å². The Labute approximate surface area is 157 Å². The Morgan fingerprint density at radius 2 is 2.11 bits per heavy atom. The van der Waals surface area contributed by atoms with Gasteiger partial charge in [-0.3, -0.25) is 14.9 Å². The topological polar surface area (TPSA) is 149 Å². The van der Waals surface area contributed by atoms with Crippen LogP contribution in [0, 0.1) is 5.82 Å². The number of aromatic nitrogens is 4. The Morgan fingerprint density at radius 1 is 1.29 bits per heavy atom. The van der Waals surface area contributed by atoms with Crippen molar-refractivity contribution < 1.29 is 13.7 Å². The number of nitrogens with one attached hydrogen (secondary N) is 2. The first kappa shape index (κ1) is 17.5. The Kier molecular flexibility index (Phi) is 4.15. The summed E-state index contributed by atoms with van der Waals surface area (Å²) in [6.45, 7) is 2.18. The molecule has 10 heteroatoms. The van der Waals surface area contributed by atoms with Crippen molar-refractivity contribution in [2.75, 3.05) is 18.0 Å². The summed E-state index contributed by atoms with van der Waals surface area (Å²) in [7, 11) is 0. The van der Waals surface area contributed by atoms with Crippen LogP contribution in [0.5, 0.6) is 0 Å². The number of amides is 1. The molecular formula is C18H16FN7O2. The minimum absolute atomic E-state index is 0.0248. The van der Waals surface area contributed by atoms with Gasteiger partial charge in [-0.05, 0) is 19.1 Å². The van der Waals surface area contributed by atoms with Gasteiger partial charge in [0.2, 0.25) is 0 Å². The Morgan fingerprint density at radius 3 is 2.82 bits per heavy atom. The molecule has 0 fully saturated rings. The third kappa shape index (κ3) is 2.71. The number of nitrogens with two attached hydrogens (primary N) is 2. The molecule has 3 aromatic heterocycles. The molecule has 4 rings (SSSR count). The van der Waals surface area contributed by atoms with Crippen LogP contribution >= 0.6 is 0 Å². The molecule has 142 valence electrons. The smallest absolute Gasteiger partial charge is 0.253 e. The fourth-order valence-corrected chi connectivity index (χ4v) is 3.00. The summed E-state index contributed by atoms with van der Waals surface area (Å²) in [5.41, 5.74) is 13.9. The first-order valence-corrected chi connectivity index (χ1v) is 8.41. The molecule has 28 heavy (non-hydrogen) atoms. The summed E-state index contributed by atoms with van der Waals surface area (Å²) in [5.74, 6) is -1.000. The lowest BCUT2D eigenvalue weighted by Crippen LogP contribution is -2.24. The van der Waals surface area contributed by atoms with Gasteiger partial charge in [0.15, 0.2) is 11.4 Å². The third-order valence-corrected chi connectivity index (χ3v) is 4.31. The van der Waals surface area contributed by atoms with Crippen molar-refractivity contribution in [1.82, 2.24) is 25.7 Å². The Balaban J connectivity index is 1.96. The molecule has 0 bridgehead atoms. The maximum Gasteiger partial charge on any atom is 0.253 e. The number of hydrogen-bond donors (Lipinski definition) is 4. The van der Waals surface area contributed by atoms with Crippen molar-refractivity contribution in [1.29, 1.82) is 0 Å². The van der Waals surface area contributed by atoms with Crippen LogP contribution in [-0.4, -0.2) is 32.8 Å². The highest BCUT2D eigenvalue weighted by molar-refractivity contribution is 6.06. The molecule has 3 heterocycles. The van der Waals surface area contributed by atoms with E-state index < -0.39 is 11.7 Å². The number of fused-ring (bicyclic) bond motifs is 1. The molecule has 0 aliphatic heterocycles. The van der Waals surface area contributed by atoms with Crippen LogP contribution in [0.2, 0.25) is 0 Å². The van der Waals surface area contributed by atoms with Crippen LogP contribution in [0.3, 0.4) is 0 Å². The second-order valence-corrected chi connectivity index (χ2v) is 6.06. The zero-order valence-corrected chi connectivity index (χ0v) is 14.8.